The van der Waals surface area contributed by atoms with Crippen LogP contribution in [0, 0.1) is 29.6 Å². The topological polar surface area (TPSA) is 92.7 Å². The van der Waals surface area contributed by atoms with Crippen LogP contribution in [0.5, 0.6) is 0 Å². The van der Waals surface area contributed by atoms with Gasteiger partial charge in [-0.3, -0.25) is 9.59 Å². The molecule has 1 aromatic heterocycles. The largest absolute Gasteiger partial charge is 0.481 e. The summed E-state index contributed by atoms with van der Waals surface area (Å²) < 4.78 is 5.28. The molecule has 1 heterocycles. The van der Waals surface area contributed by atoms with Crippen LogP contribution in [-0.2, 0) is 27.2 Å². The lowest BCUT2D eigenvalue weighted by Gasteiger charge is -2.41. The summed E-state index contributed by atoms with van der Waals surface area (Å²) in [6, 6.07) is 0. The number of aryl methyl sites for hydroxylation is 1. The average molecular weight is 418 g/mol. The highest BCUT2D eigenvalue weighted by atomic mass is 32.1. The Hall–Kier alpha value is -2.15. The van der Waals surface area contributed by atoms with Crippen molar-refractivity contribution in [3.8, 4) is 0 Å². The van der Waals surface area contributed by atoms with Crippen LogP contribution in [0.15, 0.2) is 12.2 Å². The number of hydrogen-bond acceptors (Lipinski definition) is 5. The van der Waals surface area contributed by atoms with Crippen molar-refractivity contribution in [1.29, 1.82) is 0 Å². The number of esters is 1. The molecule has 0 saturated heterocycles. The summed E-state index contributed by atoms with van der Waals surface area (Å²) in [5.74, 6) is -2.64. The number of carboxylic acid groups (broad SMARTS) is 1. The molecule has 7 heteroatoms. The zero-order chi connectivity index (χ0) is 20.7. The molecule has 0 aromatic carbocycles. The van der Waals surface area contributed by atoms with Gasteiger partial charge in [-0.05, 0) is 62.3 Å². The molecule has 5 rings (SSSR count). The minimum atomic E-state index is -0.922. The highest BCUT2D eigenvalue weighted by Crippen LogP contribution is 2.46. The number of carboxylic acids is 1. The van der Waals surface area contributed by atoms with Crippen molar-refractivity contribution in [2.24, 2.45) is 29.6 Å². The van der Waals surface area contributed by atoms with E-state index in [2.05, 4.69) is 12.2 Å². The first-order valence-corrected chi connectivity index (χ1v) is 11.3. The smallest absolute Gasteiger partial charge is 0.341 e. The van der Waals surface area contributed by atoms with Crippen molar-refractivity contribution in [3.05, 3.63) is 28.2 Å². The Kier molecular flexibility index (Phi) is 5.51. The standard InChI is InChI=1S/C22H27NO5S/c1-3-28-22(27)18-14-10-11(2)4-9-15(14)29-20(18)23-19(24)16-12-5-7-13(8-6-12)17(16)21(25)26/h5,7,11-13,16-17H,3-4,6,8-10H2,1-2H3,(H,23,24)(H,25,26). The minimum absolute atomic E-state index is 0.0678. The molecule has 5 unspecified atom stereocenters. The summed E-state index contributed by atoms with van der Waals surface area (Å²) in [6.07, 6.45) is 8.31. The Morgan fingerprint density at radius 3 is 2.48 bits per heavy atom. The van der Waals surface area contributed by atoms with Crippen LogP contribution in [-0.4, -0.2) is 29.6 Å². The molecule has 1 saturated carbocycles. The lowest BCUT2D eigenvalue weighted by atomic mass is 9.62. The molecular weight excluding hydrogens is 390 g/mol. The van der Waals surface area contributed by atoms with Gasteiger partial charge in [-0.2, -0.15) is 0 Å². The molecule has 1 amide bonds. The number of aliphatic carboxylic acids is 1. The van der Waals surface area contributed by atoms with E-state index in [0.29, 0.717) is 16.5 Å². The van der Waals surface area contributed by atoms with Crippen molar-refractivity contribution >= 4 is 34.2 Å². The number of fused-ring (bicyclic) bond motifs is 3. The molecule has 0 aliphatic heterocycles. The zero-order valence-corrected chi connectivity index (χ0v) is 17.6. The van der Waals surface area contributed by atoms with E-state index in [1.807, 2.05) is 12.2 Å². The molecule has 0 spiro atoms. The molecule has 2 bridgehead atoms. The van der Waals surface area contributed by atoms with Gasteiger partial charge in [0, 0.05) is 4.88 Å². The summed E-state index contributed by atoms with van der Waals surface area (Å²) in [6.45, 7) is 4.20. The van der Waals surface area contributed by atoms with Crippen LogP contribution in [0.2, 0.25) is 0 Å². The van der Waals surface area contributed by atoms with Gasteiger partial charge in [-0.25, -0.2) is 4.79 Å². The first kappa shape index (κ1) is 20.1. The molecule has 4 aliphatic carbocycles. The molecule has 1 aromatic rings. The second-order valence-corrected chi connectivity index (χ2v) is 9.55. The summed E-state index contributed by atoms with van der Waals surface area (Å²) in [5.41, 5.74) is 1.46. The zero-order valence-electron chi connectivity index (χ0n) is 16.8. The van der Waals surface area contributed by atoms with Crippen LogP contribution in [0.3, 0.4) is 0 Å². The quantitative estimate of drug-likeness (QED) is 0.560. The SMILES string of the molecule is CCOC(=O)c1c(NC(=O)C2C3C=CC(CC3)C2C(=O)O)sc2c1CC(C)CC2. The number of nitrogens with one attached hydrogen (secondary N) is 1. The molecule has 0 radical (unpaired) electrons. The lowest BCUT2D eigenvalue weighted by Crippen LogP contribution is -2.47. The summed E-state index contributed by atoms with van der Waals surface area (Å²) in [5, 5.41) is 13.2. The molecule has 4 aliphatic rings. The van der Waals surface area contributed by atoms with Crippen LogP contribution in [0.25, 0.3) is 0 Å². The molecule has 6 nitrogen and oxygen atoms in total. The van der Waals surface area contributed by atoms with Gasteiger partial charge in [-0.15, -0.1) is 11.3 Å². The van der Waals surface area contributed by atoms with Crippen molar-refractivity contribution in [3.63, 3.8) is 0 Å². The molecule has 2 N–H and O–H groups in total. The Morgan fingerprint density at radius 1 is 1.17 bits per heavy atom. The van der Waals surface area contributed by atoms with E-state index in [0.717, 1.165) is 42.5 Å². The van der Waals surface area contributed by atoms with E-state index in [1.54, 1.807) is 6.92 Å². The molecule has 156 valence electrons. The number of amides is 1. The van der Waals surface area contributed by atoms with E-state index in [-0.39, 0.29) is 24.3 Å². The molecule has 29 heavy (non-hydrogen) atoms. The predicted octanol–water partition coefficient (Wildman–Crippen LogP) is 3.90. The average Bonchev–Trinajstić information content (AvgIpc) is 3.05. The van der Waals surface area contributed by atoms with Gasteiger partial charge in [-0.1, -0.05) is 19.1 Å². The summed E-state index contributed by atoms with van der Waals surface area (Å²) in [7, 11) is 0. The minimum Gasteiger partial charge on any atom is -0.481 e. The number of hydrogen-bond donors (Lipinski definition) is 2. The number of rotatable bonds is 5. The van der Waals surface area contributed by atoms with Gasteiger partial charge in [0.25, 0.3) is 0 Å². The highest BCUT2D eigenvalue weighted by molar-refractivity contribution is 7.17. The monoisotopic (exact) mass is 417 g/mol. The van der Waals surface area contributed by atoms with Crippen molar-refractivity contribution in [1.82, 2.24) is 0 Å². The maximum Gasteiger partial charge on any atom is 0.341 e. The molecule has 5 atom stereocenters. The maximum absolute atomic E-state index is 13.2. The van der Waals surface area contributed by atoms with Gasteiger partial charge in [0.1, 0.15) is 5.00 Å². The Labute approximate surface area is 174 Å². The van der Waals surface area contributed by atoms with Gasteiger partial charge in [0.2, 0.25) is 5.91 Å². The van der Waals surface area contributed by atoms with E-state index < -0.39 is 23.8 Å². The normalized spacial score (nSPS) is 29.9. The number of anilines is 1. The van der Waals surface area contributed by atoms with Gasteiger partial charge >= 0.3 is 11.9 Å². The third-order valence-electron chi connectivity index (χ3n) is 6.56. The third-order valence-corrected chi connectivity index (χ3v) is 7.77. The number of allylic oxidation sites excluding steroid dienone is 2. The summed E-state index contributed by atoms with van der Waals surface area (Å²) in [4.78, 5) is 38.9. The maximum atomic E-state index is 13.2. The first-order valence-electron chi connectivity index (χ1n) is 10.4. The van der Waals surface area contributed by atoms with Crippen molar-refractivity contribution in [2.45, 2.75) is 46.0 Å². The van der Waals surface area contributed by atoms with Gasteiger partial charge in [0.15, 0.2) is 0 Å². The molecule has 1 fully saturated rings. The number of carbonyl (C=O) groups is 3. The van der Waals surface area contributed by atoms with Crippen LogP contribution >= 0.6 is 11.3 Å². The second kappa shape index (κ2) is 7.94. The summed E-state index contributed by atoms with van der Waals surface area (Å²) >= 11 is 1.44. The molecular formula is C22H27NO5S. The fraction of sp³-hybridized carbons (Fsp3) is 0.591. The Balaban J connectivity index is 1.65. The van der Waals surface area contributed by atoms with Crippen molar-refractivity contribution in [2.75, 3.05) is 11.9 Å². The fourth-order valence-electron chi connectivity index (χ4n) is 5.15. The van der Waals surface area contributed by atoms with Crippen LogP contribution in [0.4, 0.5) is 5.00 Å². The van der Waals surface area contributed by atoms with Gasteiger partial charge < -0.3 is 15.2 Å². The van der Waals surface area contributed by atoms with Gasteiger partial charge in [0.05, 0.1) is 24.0 Å². The first-order chi connectivity index (χ1) is 13.9. The highest BCUT2D eigenvalue weighted by Gasteiger charge is 2.48. The Morgan fingerprint density at radius 2 is 1.86 bits per heavy atom. The number of thiophene rings is 1. The third kappa shape index (κ3) is 3.61. The lowest BCUT2D eigenvalue weighted by molar-refractivity contribution is -0.151. The van der Waals surface area contributed by atoms with E-state index >= 15 is 0 Å². The number of ether oxygens (including phenoxy) is 1. The predicted molar refractivity (Wildman–Crippen MR) is 110 cm³/mol. The Bertz CT molecular complexity index is 873. The van der Waals surface area contributed by atoms with E-state index in [4.69, 9.17) is 4.74 Å². The fourth-order valence-corrected chi connectivity index (χ4v) is 6.38. The van der Waals surface area contributed by atoms with Crippen LogP contribution < -0.4 is 5.32 Å². The second-order valence-electron chi connectivity index (χ2n) is 8.45. The van der Waals surface area contributed by atoms with E-state index in [1.165, 1.54) is 11.3 Å². The van der Waals surface area contributed by atoms with Crippen LogP contribution in [0.1, 0.15) is 53.9 Å². The number of carbonyl (C=O) groups excluding carboxylic acids is 2. The van der Waals surface area contributed by atoms with Crippen molar-refractivity contribution < 1.29 is 24.2 Å². The van der Waals surface area contributed by atoms with E-state index in [9.17, 15) is 19.5 Å².